The van der Waals surface area contributed by atoms with Gasteiger partial charge in [-0.2, -0.15) is 4.98 Å². The van der Waals surface area contributed by atoms with Crippen molar-refractivity contribution in [1.29, 1.82) is 0 Å². The second kappa shape index (κ2) is 12.1. The SMILES string of the molecule is CC(C)c1noc(N2CCN([C@H](C)CCOc3ccc(C(=O)NC[C@@H](O)CO)c(F)c3)CC2)n1. The standard InChI is InChI=1S/C23H34FN5O5/c1-15(2)21-26-23(34-27-21)29-9-7-28(8-10-29)16(3)6-11-33-18-4-5-19(20(24)12-18)22(32)25-13-17(31)14-30/h4-5,12,15-17,30-31H,6-11,13-14H2,1-3H3,(H,25,32)/t16-,17-/m1/s1. The molecule has 0 radical (unpaired) electrons. The summed E-state index contributed by atoms with van der Waals surface area (Å²) in [6.07, 6.45) is -0.322. The molecule has 2 atom stereocenters. The number of benzene rings is 1. The average Bonchev–Trinajstić information content (AvgIpc) is 3.33. The molecule has 1 aromatic heterocycles. The van der Waals surface area contributed by atoms with Crippen molar-refractivity contribution in [3.63, 3.8) is 0 Å². The molecule has 0 unspecified atom stereocenters. The van der Waals surface area contributed by atoms with Crippen LogP contribution in [0, 0.1) is 5.82 Å². The Bertz CT molecular complexity index is 932. The van der Waals surface area contributed by atoms with Crippen LogP contribution >= 0.6 is 0 Å². The highest BCUT2D eigenvalue weighted by atomic mass is 19.1. The summed E-state index contributed by atoms with van der Waals surface area (Å²) in [6, 6.07) is 4.92. The molecule has 3 N–H and O–H groups in total. The van der Waals surface area contributed by atoms with Crippen LogP contribution in [0.2, 0.25) is 0 Å². The Morgan fingerprint density at radius 2 is 2.00 bits per heavy atom. The average molecular weight is 480 g/mol. The predicted octanol–water partition coefficient (Wildman–Crippen LogP) is 1.39. The number of halogens is 1. The predicted molar refractivity (Wildman–Crippen MR) is 124 cm³/mol. The van der Waals surface area contributed by atoms with Crippen LogP contribution in [0.25, 0.3) is 0 Å². The lowest BCUT2D eigenvalue weighted by molar-refractivity contribution is 0.0799. The van der Waals surface area contributed by atoms with E-state index in [1.165, 1.54) is 12.1 Å². The molecule has 1 amide bonds. The number of nitrogens with one attached hydrogen (secondary N) is 1. The van der Waals surface area contributed by atoms with Crippen molar-refractivity contribution in [3.05, 3.63) is 35.4 Å². The molecule has 10 nitrogen and oxygen atoms in total. The number of hydrogen-bond donors (Lipinski definition) is 3. The molecule has 0 bridgehead atoms. The molecule has 2 heterocycles. The van der Waals surface area contributed by atoms with E-state index in [0.717, 1.165) is 32.6 Å². The molecule has 2 aromatic rings. The van der Waals surface area contributed by atoms with Gasteiger partial charge in [-0.3, -0.25) is 9.69 Å². The molecule has 0 spiro atoms. The minimum atomic E-state index is -1.09. The summed E-state index contributed by atoms with van der Waals surface area (Å²) in [5, 5.41) is 24.5. The van der Waals surface area contributed by atoms with Gasteiger partial charge in [-0.15, -0.1) is 0 Å². The van der Waals surface area contributed by atoms with E-state index in [4.69, 9.17) is 14.4 Å². The van der Waals surface area contributed by atoms with Crippen LogP contribution in [0.1, 0.15) is 49.3 Å². The molecule has 1 saturated heterocycles. The normalized spacial score (nSPS) is 16.5. The smallest absolute Gasteiger partial charge is 0.324 e. The zero-order valence-electron chi connectivity index (χ0n) is 19.9. The second-order valence-corrected chi connectivity index (χ2v) is 8.79. The van der Waals surface area contributed by atoms with E-state index in [9.17, 15) is 14.3 Å². The molecule has 0 saturated carbocycles. The van der Waals surface area contributed by atoms with Gasteiger partial charge in [0.15, 0.2) is 5.82 Å². The number of rotatable bonds is 11. The number of carbonyl (C=O) groups excluding carboxylic acids is 1. The molecule has 1 aliphatic heterocycles. The van der Waals surface area contributed by atoms with Crippen LogP contribution in [-0.4, -0.2) is 89.2 Å². The maximum Gasteiger partial charge on any atom is 0.324 e. The minimum absolute atomic E-state index is 0.148. The lowest BCUT2D eigenvalue weighted by Gasteiger charge is -2.37. The molecule has 0 aliphatic carbocycles. The van der Waals surface area contributed by atoms with E-state index in [1.54, 1.807) is 6.07 Å². The monoisotopic (exact) mass is 479 g/mol. The lowest BCUT2D eigenvalue weighted by Crippen LogP contribution is -2.50. The number of aliphatic hydroxyl groups excluding tert-OH is 2. The zero-order chi connectivity index (χ0) is 24.7. The van der Waals surface area contributed by atoms with E-state index in [1.807, 2.05) is 13.8 Å². The van der Waals surface area contributed by atoms with Gasteiger partial charge >= 0.3 is 6.01 Å². The first-order valence-corrected chi connectivity index (χ1v) is 11.6. The van der Waals surface area contributed by atoms with Gasteiger partial charge in [0.1, 0.15) is 11.6 Å². The molecule has 3 rings (SSSR count). The Labute approximate surface area is 198 Å². The fourth-order valence-corrected chi connectivity index (χ4v) is 3.61. The third kappa shape index (κ3) is 6.87. The van der Waals surface area contributed by atoms with Crippen LogP contribution in [-0.2, 0) is 0 Å². The van der Waals surface area contributed by atoms with Crippen LogP contribution in [0.3, 0.4) is 0 Å². The highest BCUT2D eigenvalue weighted by Crippen LogP contribution is 2.20. The van der Waals surface area contributed by atoms with E-state index >= 15 is 0 Å². The molecular formula is C23H34FN5O5. The Hall–Kier alpha value is -2.76. The van der Waals surface area contributed by atoms with Crippen molar-refractivity contribution in [2.45, 2.75) is 45.3 Å². The molecule has 11 heteroatoms. The first kappa shape index (κ1) is 25.9. The highest BCUT2D eigenvalue weighted by Gasteiger charge is 2.24. The largest absolute Gasteiger partial charge is 0.493 e. The van der Waals surface area contributed by atoms with Gasteiger partial charge in [-0.25, -0.2) is 4.39 Å². The van der Waals surface area contributed by atoms with Crippen molar-refractivity contribution in [2.75, 3.05) is 50.8 Å². The van der Waals surface area contributed by atoms with E-state index in [-0.39, 0.29) is 24.1 Å². The number of piperazine rings is 1. The van der Waals surface area contributed by atoms with Gasteiger partial charge in [0, 0.05) is 50.7 Å². The maximum absolute atomic E-state index is 14.3. The molecule has 188 valence electrons. The van der Waals surface area contributed by atoms with Crippen LogP contribution in [0.15, 0.2) is 22.7 Å². The summed E-state index contributed by atoms with van der Waals surface area (Å²) in [4.78, 5) is 20.9. The van der Waals surface area contributed by atoms with Crippen molar-refractivity contribution in [2.24, 2.45) is 0 Å². The van der Waals surface area contributed by atoms with Gasteiger partial charge in [0.05, 0.1) is 24.9 Å². The van der Waals surface area contributed by atoms with Gasteiger partial charge in [-0.05, 0) is 25.5 Å². The Balaban J connectivity index is 1.41. The number of aliphatic hydroxyl groups is 2. The lowest BCUT2D eigenvalue weighted by atomic mass is 10.1. The number of carbonyl (C=O) groups is 1. The molecule has 1 fully saturated rings. The fourth-order valence-electron chi connectivity index (χ4n) is 3.61. The Kier molecular flexibility index (Phi) is 9.20. The fraction of sp³-hybridized carbons (Fsp3) is 0.609. The summed E-state index contributed by atoms with van der Waals surface area (Å²) < 4.78 is 25.4. The molecule has 1 aliphatic rings. The number of anilines is 1. The first-order chi connectivity index (χ1) is 16.3. The van der Waals surface area contributed by atoms with Gasteiger partial charge in [-0.1, -0.05) is 19.0 Å². The Morgan fingerprint density at radius 3 is 2.62 bits per heavy atom. The summed E-state index contributed by atoms with van der Waals surface area (Å²) >= 11 is 0. The van der Waals surface area contributed by atoms with E-state index in [0.29, 0.717) is 24.2 Å². The van der Waals surface area contributed by atoms with Crippen LogP contribution in [0.5, 0.6) is 5.75 Å². The van der Waals surface area contributed by atoms with Crippen molar-refractivity contribution < 1.29 is 28.7 Å². The summed E-state index contributed by atoms with van der Waals surface area (Å²) in [6.45, 7) is 9.30. The second-order valence-electron chi connectivity index (χ2n) is 8.79. The number of ether oxygens (including phenoxy) is 1. The summed E-state index contributed by atoms with van der Waals surface area (Å²) in [5.41, 5.74) is -0.148. The molecule has 34 heavy (non-hydrogen) atoms. The van der Waals surface area contributed by atoms with Crippen LogP contribution in [0.4, 0.5) is 10.4 Å². The van der Waals surface area contributed by atoms with Gasteiger partial charge in [0.2, 0.25) is 0 Å². The highest BCUT2D eigenvalue weighted by molar-refractivity contribution is 5.94. The third-order valence-corrected chi connectivity index (χ3v) is 5.85. The minimum Gasteiger partial charge on any atom is -0.493 e. The topological polar surface area (TPSA) is 124 Å². The van der Waals surface area contributed by atoms with Gasteiger partial charge < -0.3 is 29.7 Å². The van der Waals surface area contributed by atoms with E-state index in [2.05, 4.69) is 32.2 Å². The van der Waals surface area contributed by atoms with E-state index < -0.39 is 24.4 Å². The summed E-state index contributed by atoms with van der Waals surface area (Å²) in [5.74, 6) is -0.0801. The van der Waals surface area contributed by atoms with Crippen molar-refractivity contribution in [3.8, 4) is 5.75 Å². The number of hydrogen-bond acceptors (Lipinski definition) is 9. The van der Waals surface area contributed by atoms with Crippen molar-refractivity contribution >= 4 is 11.9 Å². The number of aromatic nitrogens is 2. The molecular weight excluding hydrogens is 445 g/mol. The molecule has 1 aromatic carbocycles. The maximum atomic E-state index is 14.3. The third-order valence-electron chi connectivity index (χ3n) is 5.85. The zero-order valence-corrected chi connectivity index (χ0v) is 19.9. The number of amides is 1. The van der Waals surface area contributed by atoms with Crippen LogP contribution < -0.4 is 15.0 Å². The number of nitrogens with zero attached hydrogens (tertiary/aromatic N) is 4. The Morgan fingerprint density at radius 1 is 1.26 bits per heavy atom. The van der Waals surface area contributed by atoms with Gasteiger partial charge in [0.25, 0.3) is 5.91 Å². The summed E-state index contributed by atoms with van der Waals surface area (Å²) in [7, 11) is 0. The quantitative estimate of drug-likeness (QED) is 0.439. The van der Waals surface area contributed by atoms with Crippen molar-refractivity contribution in [1.82, 2.24) is 20.4 Å². The first-order valence-electron chi connectivity index (χ1n) is 11.6.